The fraction of sp³-hybridized carbons (Fsp3) is 0.208. The molecule has 0 unspecified atom stereocenters. The molecule has 0 spiro atoms. The molecule has 1 heterocycles. The Bertz CT molecular complexity index is 1250. The minimum Gasteiger partial charge on any atom is -0.507 e. The Balaban J connectivity index is 1.58. The number of fused-ring (bicyclic) bond motifs is 1. The van der Waals surface area contributed by atoms with Crippen LogP contribution in [0.2, 0.25) is 5.02 Å². The summed E-state index contributed by atoms with van der Waals surface area (Å²) in [6.07, 6.45) is 2.09. The van der Waals surface area contributed by atoms with Gasteiger partial charge in [0.15, 0.2) is 5.76 Å². The number of nitrogens with zero attached hydrogens (tertiary/aromatic N) is 1. The quantitative estimate of drug-likeness (QED) is 0.486. The molecule has 1 aromatic heterocycles. The zero-order valence-electron chi connectivity index (χ0n) is 17.7. The summed E-state index contributed by atoms with van der Waals surface area (Å²) in [5.74, 6) is -0.112. The van der Waals surface area contributed by atoms with E-state index in [1.54, 1.807) is 37.3 Å². The number of phenolic OH excluding ortho intramolecular Hbond substituents is 1. The number of carbonyl (C=O) groups excluding carboxylic acids is 2. The molecule has 2 amide bonds. The highest BCUT2D eigenvalue weighted by Crippen LogP contribution is 2.31. The Kier molecular flexibility index (Phi) is 6.01. The molecule has 7 nitrogen and oxygen atoms in total. The van der Waals surface area contributed by atoms with Crippen LogP contribution in [-0.2, 0) is 6.42 Å². The summed E-state index contributed by atoms with van der Waals surface area (Å²) in [5.41, 5.74) is 6.17. The molecule has 2 aromatic carbocycles. The van der Waals surface area contributed by atoms with E-state index in [1.165, 1.54) is 12.1 Å². The molecule has 0 radical (unpaired) electrons. The van der Waals surface area contributed by atoms with E-state index in [-0.39, 0.29) is 23.0 Å². The molecule has 8 heteroatoms. The summed E-state index contributed by atoms with van der Waals surface area (Å²) in [6, 6.07) is 11.5. The first kappa shape index (κ1) is 21.6. The number of phenols is 1. The lowest BCUT2D eigenvalue weighted by Gasteiger charge is -2.13. The van der Waals surface area contributed by atoms with Crippen LogP contribution in [0.25, 0.3) is 0 Å². The van der Waals surface area contributed by atoms with Gasteiger partial charge in [-0.3, -0.25) is 9.59 Å². The Morgan fingerprint density at radius 1 is 1.09 bits per heavy atom. The molecule has 164 valence electrons. The Morgan fingerprint density at radius 2 is 1.88 bits per heavy atom. The van der Waals surface area contributed by atoms with Crippen molar-refractivity contribution in [3.05, 3.63) is 81.3 Å². The van der Waals surface area contributed by atoms with Gasteiger partial charge in [0.1, 0.15) is 11.5 Å². The average Bonchev–Trinajstić information content (AvgIpc) is 3.11. The lowest BCUT2D eigenvalue weighted by Crippen LogP contribution is -2.22. The molecular weight excluding hydrogens is 430 g/mol. The molecule has 0 atom stereocenters. The third-order valence-corrected chi connectivity index (χ3v) is 5.64. The first-order valence-electron chi connectivity index (χ1n) is 10.2. The van der Waals surface area contributed by atoms with Crippen LogP contribution in [0.4, 0.5) is 5.69 Å². The number of hydrogen-bond acceptors (Lipinski definition) is 5. The molecule has 3 N–H and O–H groups in total. The zero-order chi connectivity index (χ0) is 22.8. The van der Waals surface area contributed by atoms with Crippen molar-refractivity contribution in [2.75, 3.05) is 5.32 Å². The number of hydrazone groups is 1. The number of para-hydroxylation sites is 1. The van der Waals surface area contributed by atoms with Crippen molar-refractivity contribution in [2.24, 2.45) is 5.10 Å². The van der Waals surface area contributed by atoms with Gasteiger partial charge in [0.2, 0.25) is 0 Å². The van der Waals surface area contributed by atoms with E-state index in [0.717, 1.165) is 17.5 Å². The lowest BCUT2D eigenvalue weighted by molar-refractivity contribution is 0.0950. The van der Waals surface area contributed by atoms with Gasteiger partial charge in [-0.2, -0.15) is 5.10 Å². The van der Waals surface area contributed by atoms with Crippen LogP contribution < -0.4 is 10.7 Å². The zero-order valence-corrected chi connectivity index (χ0v) is 18.4. The van der Waals surface area contributed by atoms with Crippen LogP contribution in [0.3, 0.4) is 0 Å². The van der Waals surface area contributed by atoms with Crippen LogP contribution >= 0.6 is 11.6 Å². The lowest BCUT2D eigenvalue weighted by atomic mass is 9.93. The summed E-state index contributed by atoms with van der Waals surface area (Å²) in [5, 5.41) is 17.6. The fourth-order valence-corrected chi connectivity index (χ4v) is 4.01. The summed E-state index contributed by atoms with van der Waals surface area (Å²) < 4.78 is 5.90. The summed E-state index contributed by atoms with van der Waals surface area (Å²) in [4.78, 5) is 25.3. The molecule has 32 heavy (non-hydrogen) atoms. The van der Waals surface area contributed by atoms with Gasteiger partial charge in [-0.05, 0) is 62.6 Å². The second-order valence-electron chi connectivity index (χ2n) is 7.64. The molecule has 1 aliphatic rings. The van der Waals surface area contributed by atoms with Crippen molar-refractivity contribution in [1.82, 2.24) is 5.43 Å². The molecule has 0 fully saturated rings. The van der Waals surface area contributed by atoms with Crippen molar-refractivity contribution in [3.8, 4) is 5.75 Å². The first-order chi connectivity index (χ1) is 15.3. The number of aromatic hydroxyl groups is 1. The number of benzene rings is 2. The van der Waals surface area contributed by atoms with Gasteiger partial charge < -0.3 is 14.8 Å². The number of rotatable bonds is 4. The van der Waals surface area contributed by atoms with Gasteiger partial charge in [-0.25, -0.2) is 5.43 Å². The SMILES string of the molecule is Cc1cc(Cl)ccc1NC(=O)c1oc2c(c1C)/C(=N/NC(=O)c1ccccc1O)CCC2. The van der Waals surface area contributed by atoms with E-state index in [1.807, 2.05) is 6.92 Å². The van der Waals surface area contributed by atoms with E-state index in [0.29, 0.717) is 40.6 Å². The average molecular weight is 452 g/mol. The van der Waals surface area contributed by atoms with Gasteiger partial charge in [0.05, 0.1) is 11.3 Å². The maximum Gasteiger partial charge on any atom is 0.291 e. The smallest absolute Gasteiger partial charge is 0.291 e. The highest BCUT2D eigenvalue weighted by molar-refractivity contribution is 6.30. The topological polar surface area (TPSA) is 104 Å². The standard InChI is InChI=1S/C24H22ClN3O4/c1-13-12-15(25)10-11-17(13)26-24(31)22-14(2)21-18(7-5-9-20(21)32-22)27-28-23(30)16-6-3-4-8-19(16)29/h3-4,6,8,10-12,29H,5,7,9H2,1-2H3,(H,26,31)(H,28,30)/b27-18+. The molecule has 3 aromatic rings. The molecule has 0 aliphatic heterocycles. The number of nitrogens with one attached hydrogen (secondary N) is 2. The maximum absolute atomic E-state index is 12.9. The van der Waals surface area contributed by atoms with Gasteiger partial charge in [0.25, 0.3) is 11.8 Å². The van der Waals surface area contributed by atoms with Gasteiger partial charge >= 0.3 is 0 Å². The number of hydrogen-bond donors (Lipinski definition) is 3. The van der Waals surface area contributed by atoms with Crippen LogP contribution in [-0.4, -0.2) is 22.6 Å². The molecule has 4 rings (SSSR count). The normalized spacial score (nSPS) is 14.2. The van der Waals surface area contributed by atoms with E-state index < -0.39 is 5.91 Å². The number of furan rings is 1. The Labute approximate surface area is 190 Å². The second kappa shape index (κ2) is 8.88. The summed E-state index contributed by atoms with van der Waals surface area (Å²) >= 11 is 5.99. The Morgan fingerprint density at radius 3 is 2.62 bits per heavy atom. The van der Waals surface area contributed by atoms with Crippen molar-refractivity contribution >= 4 is 34.8 Å². The van der Waals surface area contributed by atoms with Crippen LogP contribution in [0.15, 0.2) is 52.0 Å². The van der Waals surface area contributed by atoms with Crippen molar-refractivity contribution in [1.29, 1.82) is 0 Å². The third-order valence-electron chi connectivity index (χ3n) is 5.41. The van der Waals surface area contributed by atoms with Crippen molar-refractivity contribution in [2.45, 2.75) is 33.1 Å². The number of anilines is 1. The second-order valence-corrected chi connectivity index (χ2v) is 8.07. The van der Waals surface area contributed by atoms with Crippen LogP contribution in [0, 0.1) is 13.8 Å². The van der Waals surface area contributed by atoms with Crippen LogP contribution in [0.1, 0.15) is 56.2 Å². The number of carbonyl (C=O) groups is 2. The van der Waals surface area contributed by atoms with E-state index in [2.05, 4.69) is 15.8 Å². The summed E-state index contributed by atoms with van der Waals surface area (Å²) in [6.45, 7) is 3.66. The van der Waals surface area contributed by atoms with Crippen LogP contribution in [0.5, 0.6) is 5.75 Å². The third kappa shape index (κ3) is 4.24. The Hall–Kier alpha value is -3.58. The number of halogens is 1. The number of amides is 2. The van der Waals surface area contributed by atoms with Gasteiger partial charge in [0, 0.05) is 28.3 Å². The monoisotopic (exact) mass is 451 g/mol. The molecular formula is C24H22ClN3O4. The van der Waals surface area contributed by atoms with Gasteiger partial charge in [-0.15, -0.1) is 0 Å². The van der Waals surface area contributed by atoms with E-state index >= 15 is 0 Å². The predicted molar refractivity (Wildman–Crippen MR) is 123 cm³/mol. The van der Waals surface area contributed by atoms with E-state index in [4.69, 9.17) is 16.0 Å². The molecule has 0 saturated heterocycles. The highest BCUT2D eigenvalue weighted by atomic mass is 35.5. The largest absolute Gasteiger partial charge is 0.507 e. The van der Waals surface area contributed by atoms with Crippen molar-refractivity contribution in [3.63, 3.8) is 0 Å². The molecule has 0 saturated carbocycles. The first-order valence-corrected chi connectivity index (χ1v) is 10.6. The number of aryl methyl sites for hydroxylation is 2. The summed E-state index contributed by atoms with van der Waals surface area (Å²) in [7, 11) is 0. The maximum atomic E-state index is 12.9. The van der Waals surface area contributed by atoms with E-state index in [9.17, 15) is 14.7 Å². The minimum absolute atomic E-state index is 0.120. The highest BCUT2D eigenvalue weighted by Gasteiger charge is 2.28. The van der Waals surface area contributed by atoms with Gasteiger partial charge in [-0.1, -0.05) is 23.7 Å². The molecule has 1 aliphatic carbocycles. The van der Waals surface area contributed by atoms with Crippen molar-refractivity contribution < 1.29 is 19.1 Å². The predicted octanol–water partition coefficient (Wildman–Crippen LogP) is 4.98. The fourth-order valence-electron chi connectivity index (χ4n) is 3.79. The minimum atomic E-state index is -0.514. The molecule has 0 bridgehead atoms.